The van der Waals surface area contributed by atoms with Crippen LogP contribution in [0.4, 0.5) is 17.6 Å². The van der Waals surface area contributed by atoms with Gasteiger partial charge in [-0.2, -0.15) is 13.2 Å². The Labute approximate surface area is 116 Å². The third-order valence-electron chi connectivity index (χ3n) is 2.24. The molecule has 0 saturated heterocycles. The van der Waals surface area contributed by atoms with Crippen molar-refractivity contribution in [2.24, 2.45) is 0 Å². The number of pyridine rings is 2. The average molecular weight is 307 g/mol. The van der Waals surface area contributed by atoms with Crippen LogP contribution in [0.5, 0.6) is 5.75 Å². The molecule has 0 aliphatic rings. The molecule has 20 heavy (non-hydrogen) atoms. The molecule has 0 unspecified atom stereocenters. The van der Waals surface area contributed by atoms with Gasteiger partial charge in [-0.25, -0.2) is 9.37 Å². The standard InChI is InChI=1S/C12H7ClF4N2O/c13-10-4-8(14)7(5-19-10)11-9(2-1-3-18-11)20-6-12(15,16)17/h1-5H,6H2. The number of rotatable bonds is 3. The highest BCUT2D eigenvalue weighted by Gasteiger charge is 2.29. The van der Waals surface area contributed by atoms with Gasteiger partial charge < -0.3 is 4.74 Å². The van der Waals surface area contributed by atoms with Crippen molar-refractivity contribution in [2.45, 2.75) is 6.18 Å². The molecule has 0 aliphatic heterocycles. The fraction of sp³-hybridized carbons (Fsp3) is 0.167. The normalized spacial score (nSPS) is 11.4. The van der Waals surface area contributed by atoms with Crippen LogP contribution < -0.4 is 4.74 Å². The van der Waals surface area contributed by atoms with E-state index in [2.05, 4.69) is 14.7 Å². The van der Waals surface area contributed by atoms with Crippen LogP contribution >= 0.6 is 11.6 Å². The zero-order valence-corrected chi connectivity index (χ0v) is 10.5. The van der Waals surface area contributed by atoms with Gasteiger partial charge in [0.1, 0.15) is 22.4 Å². The summed E-state index contributed by atoms with van der Waals surface area (Å²) >= 11 is 5.51. The second kappa shape index (κ2) is 5.62. The Balaban J connectivity index is 2.37. The monoisotopic (exact) mass is 306 g/mol. The lowest BCUT2D eigenvalue weighted by Gasteiger charge is -2.12. The minimum atomic E-state index is -4.50. The van der Waals surface area contributed by atoms with Gasteiger partial charge in [-0.05, 0) is 12.1 Å². The molecule has 0 N–H and O–H groups in total. The first-order valence-corrected chi connectivity index (χ1v) is 5.70. The van der Waals surface area contributed by atoms with Gasteiger partial charge >= 0.3 is 6.18 Å². The minimum absolute atomic E-state index is 0.0695. The molecule has 2 heterocycles. The predicted octanol–water partition coefficient (Wildman–Crippen LogP) is 3.88. The Morgan fingerprint density at radius 3 is 2.65 bits per heavy atom. The molecule has 2 aromatic rings. The Kier molecular flexibility index (Phi) is 4.08. The molecule has 0 radical (unpaired) electrons. The van der Waals surface area contributed by atoms with Gasteiger partial charge in [0.15, 0.2) is 6.61 Å². The number of alkyl halides is 3. The lowest BCUT2D eigenvalue weighted by molar-refractivity contribution is -0.153. The molecule has 2 rings (SSSR count). The molecule has 0 amide bonds. The number of hydrogen-bond donors (Lipinski definition) is 0. The van der Waals surface area contributed by atoms with E-state index in [9.17, 15) is 17.6 Å². The lowest BCUT2D eigenvalue weighted by atomic mass is 10.1. The summed E-state index contributed by atoms with van der Waals surface area (Å²) in [5, 5.41) is -0.0695. The van der Waals surface area contributed by atoms with Crippen LogP contribution in [0.25, 0.3) is 11.3 Å². The lowest BCUT2D eigenvalue weighted by Crippen LogP contribution is -2.19. The first-order chi connectivity index (χ1) is 9.37. The van der Waals surface area contributed by atoms with Gasteiger partial charge in [-0.1, -0.05) is 11.6 Å². The van der Waals surface area contributed by atoms with Crippen molar-refractivity contribution in [2.75, 3.05) is 6.61 Å². The first-order valence-electron chi connectivity index (χ1n) is 5.33. The van der Waals surface area contributed by atoms with Crippen molar-refractivity contribution in [3.8, 4) is 17.0 Å². The van der Waals surface area contributed by atoms with Crippen LogP contribution in [0.3, 0.4) is 0 Å². The van der Waals surface area contributed by atoms with Gasteiger partial charge in [0.05, 0.1) is 5.56 Å². The molecule has 2 aromatic heterocycles. The largest absolute Gasteiger partial charge is 0.482 e. The maximum atomic E-state index is 13.7. The van der Waals surface area contributed by atoms with Crippen molar-refractivity contribution in [3.05, 3.63) is 41.6 Å². The summed E-state index contributed by atoms with van der Waals surface area (Å²) in [6.07, 6.45) is -2.10. The summed E-state index contributed by atoms with van der Waals surface area (Å²) < 4.78 is 54.8. The molecule has 0 aliphatic carbocycles. The minimum Gasteiger partial charge on any atom is -0.482 e. The third kappa shape index (κ3) is 3.57. The first kappa shape index (κ1) is 14.5. The number of hydrogen-bond acceptors (Lipinski definition) is 3. The molecule has 8 heteroatoms. The number of ether oxygens (including phenoxy) is 1. The Bertz CT molecular complexity index is 619. The summed E-state index contributed by atoms with van der Waals surface area (Å²) in [4.78, 5) is 7.50. The second-order valence-corrected chi connectivity index (χ2v) is 4.13. The summed E-state index contributed by atoms with van der Waals surface area (Å²) in [5.74, 6) is -0.937. The molecule has 0 atom stereocenters. The molecule has 0 saturated carbocycles. The molecule has 0 spiro atoms. The van der Waals surface area contributed by atoms with Crippen LogP contribution in [-0.2, 0) is 0 Å². The highest BCUT2D eigenvalue weighted by molar-refractivity contribution is 6.29. The zero-order valence-electron chi connectivity index (χ0n) is 9.79. The number of nitrogens with zero attached hydrogens (tertiary/aromatic N) is 2. The SMILES string of the molecule is Fc1cc(Cl)ncc1-c1ncccc1OCC(F)(F)F. The van der Waals surface area contributed by atoms with E-state index in [-0.39, 0.29) is 22.2 Å². The van der Waals surface area contributed by atoms with E-state index in [1.165, 1.54) is 18.3 Å². The molecule has 106 valence electrons. The van der Waals surface area contributed by atoms with E-state index < -0.39 is 18.6 Å². The van der Waals surface area contributed by atoms with Crippen molar-refractivity contribution in [1.82, 2.24) is 9.97 Å². The average Bonchev–Trinajstić information content (AvgIpc) is 2.36. The fourth-order valence-corrected chi connectivity index (χ4v) is 1.60. The zero-order chi connectivity index (χ0) is 14.8. The maximum Gasteiger partial charge on any atom is 0.422 e. The topological polar surface area (TPSA) is 35.0 Å². The van der Waals surface area contributed by atoms with E-state index in [4.69, 9.17) is 11.6 Å². The van der Waals surface area contributed by atoms with Crippen LogP contribution in [0.1, 0.15) is 0 Å². The highest BCUT2D eigenvalue weighted by atomic mass is 35.5. The highest BCUT2D eigenvalue weighted by Crippen LogP contribution is 2.31. The Morgan fingerprint density at radius 1 is 1.25 bits per heavy atom. The summed E-state index contributed by atoms with van der Waals surface area (Å²) in [6, 6.07) is 3.59. The Morgan fingerprint density at radius 2 is 2.00 bits per heavy atom. The van der Waals surface area contributed by atoms with E-state index in [0.717, 1.165) is 12.3 Å². The van der Waals surface area contributed by atoms with Crippen LogP contribution in [0.15, 0.2) is 30.6 Å². The van der Waals surface area contributed by atoms with Gasteiger partial charge in [0.2, 0.25) is 0 Å². The van der Waals surface area contributed by atoms with Gasteiger partial charge in [0.25, 0.3) is 0 Å². The van der Waals surface area contributed by atoms with Gasteiger partial charge in [-0.15, -0.1) is 0 Å². The molecular formula is C12H7ClF4N2O. The van der Waals surface area contributed by atoms with Gasteiger partial charge in [-0.3, -0.25) is 4.98 Å². The van der Waals surface area contributed by atoms with Crippen LogP contribution in [0, 0.1) is 5.82 Å². The quantitative estimate of drug-likeness (QED) is 0.637. The summed E-state index contributed by atoms with van der Waals surface area (Å²) in [6.45, 7) is -1.49. The molecule has 0 aromatic carbocycles. The number of halogens is 5. The Hall–Kier alpha value is -1.89. The van der Waals surface area contributed by atoms with Crippen molar-refractivity contribution < 1.29 is 22.3 Å². The third-order valence-corrected chi connectivity index (χ3v) is 2.44. The van der Waals surface area contributed by atoms with E-state index in [1.54, 1.807) is 0 Å². The second-order valence-electron chi connectivity index (χ2n) is 3.74. The van der Waals surface area contributed by atoms with Crippen LogP contribution in [-0.4, -0.2) is 22.8 Å². The fourth-order valence-electron chi connectivity index (χ4n) is 1.45. The van der Waals surface area contributed by atoms with E-state index in [0.29, 0.717) is 0 Å². The van der Waals surface area contributed by atoms with Crippen molar-refractivity contribution >= 4 is 11.6 Å². The van der Waals surface area contributed by atoms with Crippen molar-refractivity contribution in [1.29, 1.82) is 0 Å². The predicted molar refractivity (Wildman–Crippen MR) is 64.0 cm³/mol. The van der Waals surface area contributed by atoms with Crippen molar-refractivity contribution in [3.63, 3.8) is 0 Å². The molecule has 3 nitrogen and oxygen atoms in total. The molecule has 0 bridgehead atoms. The maximum absolute atomic E-state index is 13.7. The molecular weight excluding hydrogens is 300 g/mol. The van der Waals surface area contributed by atoms with Crippen LogP contribution in [0.2, 0.25) is 5.15 Å². The van der Waals surface area contributed by atoms with E-state index >= 15 is 0 Å². The van der Waals surface area contributed by atoms with Gasteiger partial charge in [0, 0.05) is 18.5 Å². The molecule has 0 fully saturated rings. The van der Waals surface area contributed by atoms with E-state index in [1.807, 2.05) is 0 Å². The summed E-state index contributed by atoms with van der Waals surface area (Å²) in [7, 11) is 0. The summed E-state index contributed by atoms with van der Waals surface area (Å²) in [5.41, 5.74) is -0.161. The number of aromatic nitrogens is 2. The smallest absolute Gasteiger partial charge is 0.422 e.